The van der Waals surface area contributed by atoms with Crippen LogP contribution in [0.4, 0.5) is 13.2 Å². The zero-order chi connectivity index (χ0) is 13.5. The van der Waals surface area contributed by atoms with Gasteiger partial charge in [0.1, 0.15) is 13.2 Å². The van der Waals surface area contributed by atoms with E-state index in [0.717, 1.165) is 0 Å². The van der Waals surface area contributed by atoms with Gasteiger partial charge in [0.05, 0.1) is 18.8 Å². The molecule has 0 saturated heterocycles. The van der Waals surface area contributed by atoms with Crippen molar-refractivity contribution in [3.8, 4) is 0 Å². The third kappa shape index (κ3) is 6.44. The summed E-state index contributed by atoms with van der Waals surface area (Å²) in [5.74, 6) is -0.820. The van der Waals surface area contributed by atoms with Crippen molar-refractivity contribution in [3.63, 3.8) is 0 Å². The van der Waals surface area contributed by atoms with Crippen LogP contribution < -0.4 is 5.32 Å². The van der Waals surface area contributed by atoms with Gasteiger partial charge in [-0.15, -0.1) is 0 Å². The summed E-state index contributed by atoms with van der Waals surface area (Å²) in [6.45, 7) is -1.70. The van der Waals surface area contributed by atoms with E-state index < -0.39 is 44.0 Å². The second kappa shape index (κ2) is 6.77. The van der Waals surface area contributed by atoms with Gasteiger partial charge in [-0.1, -0.05) is 6.92 Å². The van der Waals surface area contributed by atoms with E-state index in [1.54, 1.807) is 6.92 Å². The number of hydrogen-bond donors (Lipinski definition) is 3. The van der Waals surface area contributed by atoms with Crippen LogP contribution in [0.15, 0.2) is 0 Å². The largest absolute Gasteiger partial charge is 0.411 e. The van der Waals surface area contributed by atoms with E-state index in [0.29, 0.717) is 0 Å². The van der Waals surface area contributed by atoms with E-state index in [1.807, 2.05) is 0 Å². The first-order valence-electron chi connectivity index (χ1n) is 4.96. The highest BCUT2D eigenvalue weighted by Crippen LogP contribution is 2.14. The lowest BCUT2D eigenvalue weighted by molar-refractivity contribution is -0.176. The standard InChI is InChI=1S/C9H16F3NO4/c1-2-8(4-14,5-15)13-7(16)3-17-6-9(10,11)12/h14-15H,2-6H2,1H3,(H,13,16). The maximum Gasteiger partial charge on any atom is 0.411 e. The van der Waals surface area contributed by atoms with Crippen LogP contribution in [-0.4, -0.2) is 54.3 Å². The minimum absolute atomic E-state index is 0.241. The van der Waals surface area contributed by atoms with E-state index in [4.69, 9.17) is 10.2 Å². The molecule has 0 heterocycles. The molecule has 0 radical (unpaired) electrons. The molecule has 0 bridgehead atoms. The Labute approximate surface area is 96.6 Å². The van der Waals surface area contributed by atoms with Gasteiger partial charge < -0.3 is 20.3 Å². The van der Waals surface area contributed by atoms with Crippen LogP contribution in [0.2, 0.25) is 0 Å². The molecule has 0 aliphatic heterocycles. The smallest absolute Gasteiger partial charge is 0.394 e. The Morgan fingerprint density at radius 2 is 1.82 bits per heavy atom. The second-order valence-electron chi connectivity index (χ2n) is 3.61. The molecule has 0 rings (SSSR count). The van der Waals surface area contributed by atoms with Crippen LogP contribution >= 0.6 is 0 Å². The van der Waals surface area contributed by atoms with Gasteiger partial charge in [0.25, 0.3) is 0 Å². The molecule has 0 aromatic rings. The highest BCUT2D eigenvalue weighted by atomic mass is 19.4. The maximum atomic E-state index is 11.7. The first kappa shape index (κ1) is 16.1. The van der Waals surface area contributed by atoms with Gasteiger partial charge in [-0.25, -0.2) is 0 Å². The summed E-state index contributed by atoms with van der Waals surface area (Å²) in [5, 5.41) is 20.2. The molecule has 102 valence electrons. The fraction of sp³-hybridized carbons (Fsp3) is 0.889. The predicted molar refractivity (Wildman–Crippen MR) is 52.2 cm³/mol. The zero-order valence-corrected chi connectivity index (χ0v) is 9.38. The number of ether oxygens (including phenoxy) is 1. The summed E-state index contributed by atoms with van der Waals surface area (Å²) in [7, 11) is 0. The Bertz CT molecular complexity index is 233. The van der Waals surface area contributed by atoms with Crippen molar-refractivity contribution in [1.29, 1.82) is 0 Å². The van der Waals surface area contributed by atoms with Crippen LogP contribution in [0.25, 0.3) is 0 Å². The van der Waals surface area contributed by atoms with Crippen LogP contribution in [0.1, 0.15) is 13.3 Å². The summed E-state index contributed by atoms with van der Waals surface area (Å²) in [6.07, 6.45) is -4.25. The van der Waals surface area contributed by atoms with Gasteiger partial charge >= 0.3 is 6.18 Å². The molecule has 1 amide bonds. The molecule has 0 spiro atoms. The first-order chi connectivity index (χ1) is 7.78. The predicted octanol–water partition coefficient (Wildman–Crippen LogP) is -0.185. The van der Waals surface area contributed by atoms with Crippen molar-refractivity contribution >= 4 is 5.91 Å². The summed E-state index contributed by atoms with van der Waals surface area (Å²) in [6, 6.07) is 0. The zero-order valence-electron chi connectivity index (χ0n) is 9.38. The molecule has 0 aliphatic rings. The number of carbonyl (C=O) groups excluding carboxylic acids is 1. The Balaban J connectivity index is 4.08. The van der Waals surface area contributed by atoms with Crippen LogP contribution in [0.5, 0.6) is 0 Å². The summed E-state index contributed by atoms with van der Waals surface area (Å²) in [4.78, 5) is 11.2. The number of rotatable bonds is 7. The lowest BCUT2D eigenvalue weighted by Gasteiger charge is -2.29. The number of nitrogens with one attached hydrogen (secondary N) is 1. The lowest BCUT2D eigenvalue weighted by Crippen LogP contribution is -2.54. The molecule has 17 heavy (non-hydrogen) atoms. The minimum atomic E-state index is -4.49. The molecule has 5 nitrogen and oxygen atoms in total. The molecule has 0 aromatic heterocycles. The van der Waals surface area contributed by atoms with Gasteiger partial charge in [-0.2, -0.15) is 13.2 Å². The Morgan fingerprint density at radius 3 is 2.18 bits per heavy atom. The van der Waals surface area contributed by atoms with Crippen molar-refractivity contribution in [2.24, 2.45) is 0 Å². The second-order valence-corrected chi connectivity index (χ2v) is 3.61. The molecule has 0 fully saturated rings. The van der Waals surface area contributed by atoms with Gasteiger partial charge in [-0.05, 0) is 6.42 Å². The third-order valence-corrected chi connectivity index (χ3v) is 2.19. The summed E-state index contributed by atoms with van der Waals surface area (Å²) in [5.41, 5.74) is -1.22. The summed E-state index contributed by atoms with van der Waals surface area (Å²) >= 11 is 0. The third-order valence-electron chi connectivity index (χ3n) is 2.19. The van der Waals surface area contributed by atoms with Crippen LogP contribution in [0, 0.1) is 0 Å². The topological polar surface area (TPSA) is 78.8 Å². The fourth-order valence-electron chi connectivity index (χ4n) is 1.03. The minimum Gasteiger partial charge on any atom is -0.394 e. The number of amides is 1. The monoisotopic (exact) mass is 259 g/mol. The number of carbonyl (C=O) groups is 1. The Kier molecular flexibility index (Phi) is 6.43. The van der Waals surface area contributed by atoms with E-state index in [-0.39, 0.29) is 6.42 Å². The van der Waals surface area contributed by atoms with Gasteiger partial charge in [0.2, 0.25) is 5.91 Å². The van der Waals surface area contributed by atoms with Gasteiger partial charge in [0, 0.05) is 0 Å². The van der Waals surface area contributed by atoms with Crippen LogP contribution in [0.3, 0.4) is 0 Å². The Morgan fingerprint density at radius 1 is 1.29 bits per heavy atom. The average molecular weight is 259 g/mol. The molecule has 0 atom stereocenters. The maximum absolute atomic E-state index is 11.7. The van der Waals surface area contributed by atoms with Crippen LogP contribution in [-0.2, 0) is 9.53 Å². The van der Waals surface area contributed by atoms with E-state index in [2.05, 4.69) is 10.1 Å². The van der Waals surface area contributed by atoms with E-state index in [1.165, 1.54) is 0 Å². The van der Waals surface area contributed by atoms with Crippen molar-refractivity contribution < 1.29 is 32.9 Å². The highest BCUT2D eigenvalue weighted by Gasteiger charge is 2.30. The first-order valence-corrected chi connectivity index (χ1v) is 4.96. The molecule has 0 saturated carbocycles. The van der Waals surface area contributed by atoms with Crippen molar-refractivity contribution in [2.75, 3.05) is 26.4 Å². The van der Waals surface area contributed by atoms with Crippen molar-refractivity contribution in [3.05, 3.63) is 0 Å². The number of halogens is 3. The number of aliphatic hydroxyl groups excluding tert-OH is 2. The van der Waals surface area contributed by atoms with E-state index in [9.17, 15) is 18.0 Å². The van der Waals surface area contributed by atoms with Gasteiger partial charge in [0.15, 0.2) is 0 Å². The fourth-order valence-corrected chi connectivity index (χ4v) is 1.03. The number of alkyl halides is 3. The SMILES string of the molecule is CCC(CO)(CO)NC(=O)COCC(F)(F)F. The Hall–Kier alpha value is -0.860. The molecule has 0 aliphatic carbocycles. The molecule has 0 aromatic carbocycles. The molecular weight excluding hydrogens is 243 g/mol. The number of hydrogen-bond acceptors (Lipinski definition) is 4. The molecule has 8 heteroatoms. The summed E-state index contributed by atoms with van der Waals surface area (Å²) < 4.78 is 39.3. The average Bonchev–Trinajstić information content (AvgIpc) is 2.24. The molecule has 0 unspecified atom stereocenters. The normalized spacial score (nSPS) is 12.6. The molecular formula is C9H16F3NO4. The van der Waals surface area contributed by atoms with Crippen molar-refractivity contribution in [1.82, 2.24) is 5.32 Å². The quantitative estimate of drug-likeness (QED) is 0.592. The molecule has 3 N–H and O–H groups in total. The lowest BCUT2D eigenvalue weighted by atomic mass is 9.98. The number of aliphatic hydroxyl groups is 2. The van der Waals surface area contributed by atoms with E-state index >= 15 is 0 Å². The van der Waals surface area contributed by atoms with Crippen molar-refractivity contribution in [2.45, 2.75) is 25.1 Å². The van der Waals surface area contributed by atoms with Gasteiger partial charge in [-0.3, -0.25) is 4.79 Å². The highest BCUT2D eigenvalue weighted by molar-refractivity contribution is 5.78.